The van der Waals surface area contributed by atoms with Gasteiger partial charge in [-0.15, -0.1) is 0 Å². The molecule has 3 rings (SSSR count). The van der Waals surface area contributed by atoms with Gasteiger partial charge in [0, 0.05) is 11.8 Å². The lowest BCUT2D eigenvalue weighted by atomic mass is 10.1. The number of carbonyl (C=O) groups is 1. The number of ether oxygens (including phenoxy) is 2. The van der Waals surface area contributed by atoms with Crippen LogP contribution >= 0.6 is 0 Å². The molecule has 0 aliphatic carbocycles. The molecular weight excluding hydrogens is 282 g/mol. The minimum Gasteiger partial charge on any atom is -0.497 e. The lowest BCUT2D eigenvalue weighted by molar-refractivity contribution is 0.0628. The first-order chi connectivity index (χ1) is 10.7. The van der Waals surface area contributed by atoms with E-state index in [1.54, 1.807) is 25.3 Å². The lowest BCUT2D eigenvalue weighted by Crippen LogP contribution is -2.55. The number of hydrazine groups is 1. The second-order valence-electron chi connectivity index (χ2n) is 4.91. The van der Waals surface area contributed by atoms with Crippen LogP contribution in [-0.4, -0.2) is 30.8 Å². The fourth-order valence-corrected chi connectivity index (χ4v) is 2.31. The zero-order valence-electron chi connectivity index (χ0n) is 12.2. The van der Waals surface area contributed by atoms with Crippen LogP contribution in [0.5, 0.6) is 11.5 Å². The monoisotopic (exact) mass is 299 g/mol. The van der Waals surface area contributed by atoms with E-state index in [2.05, 4.69) is 5.32 Å². The number of hydrogen-bond donors (Lipinski definition) is 2. The Morgan fingerprint density at radius 3 is 2.77 bits per heavy atom. The Labute approximate surface area is 128 Å². The molecule has 2 aromatic rings. The highest BCUT2D eigenvalue weighted by Gasteiger charge is 2.30. The lowest BCUT2D eigenvalue weighted by Gasteiger charge is -2.34. The van der Waals surface area contributed by atoms with E-state index in [1.165, 1.54) is 0 Å². The second-order valence-corrected chi connectivity index (χ2v) is 4.91. The molecule has 6 nitrogen and oxygen atoms in total. The molecule has 0 bridgehead atoms. The Morgan fingerprint density at radius 2 is 1.95 bits per heavy atom. The Hall–Kier alpha value is -2.73. The molecule has 6 heteroatoms. The van der Waals surface area contributed by atoms with Crippen LogP contribution in [-0.2, 0) is 0 Å². The highest BCUT2D eigenvalue weighted by molar-refractivity contribution is 6.01. The third kappa shape index (κ3) is 2.68. The van der Waals surface area contributed by atoms with E-state index in [1.807, 2.05) is 30.3 Å². The summed E-state index contributed by atoms with van der Waals surface area (Å²) in [6.45, 7) is 0.226. The standard InChI is InChI=1S/C16H17N3O3/c1-21-11-5-4-6-12(9-11)22-10-15-18-14-8-3-2-7-13(14)16(20)19(15)17/h2-9,15,18H,10,17H2,1H3. The van der Waals surface area contributed by atoms with Crippen LogP contribution in [0.15, 0.2) is 48.5 Å². The molecule has 3 N–H and O–H groups in total. The highest BCUT2D eigenvalue weighted by atomic mass is 16.5. The third-order valence-corrected chi connectivity index (χ3v) is 3.50. The number of fused-ring (bicyclic) bond motifs is 1. The molecule has 1 aliphatic heterocycles. The van der Waals surface area contributed by atoms with Crippen LogP contribution < -0.4 is 20.6 Å². The van der Waals surface area contributed by atoms with Gasteiger partial charge in [0.25, 0.3) is 5.91 Å². The van der Waals surface area contributed by atoms with Gasteiger partial charge in [-0.05, 0) is 24.3 Å². The van der Waals surface area contributed by atoms with Gasteiger partial charge in [-0.25, -0.2) is 5.84 Å². The van der Waals surface area contributed by atoms with E-state index >= 15 is 0 Å². The van der Waals surface area contributed by atoms with Crippen molar-refractivity contribution in [2.45, 2.75) is 6.17 Å². The van der Waals surface area contributed by atoms with Gasteiger partial charge in [-0.1, -0.05) is 18.2 Å². The highest BCUT2D eigenvalue weighted by Crippen LogP contribution is 2.24. The molecule has 0 spiro atoms. The Balaban J connectivity index is 1.72. The summed E-state index contributed by atoms with van der Waals surface area (Å²) >= 11 is 0. The minimum absolute atomic E-state index is 0.226. The predicted molar refractivity (Wildman–Crippen MR) is 82.7 cm³/mol. The van der Waals surface area contributed by atoms with E-state index < -0.39 is 6.17 Å². The smallest absolute Gasteiger partial charge is 0.271 e. The molecule has 22 heavy (non-hydrogen) atoms. The number of benzene rings is 2. The summed E-state index contributed by atoms with van der Waals surface area (Å²) in [5.41, 5.74) is 1.32. The molecule has 0 fully saturated rings. The molecule has 114 valence electrons. The number of carbonyl (C=O) groups excluding carboxylic acids is 1. The van der Waals surface area contributed by atoms with Crippen LogP contribution in [0.1, 0.15) is 10.4 Å². The van der Waals surface area contributed by atoms with Crippen molar-refractivity contribution in [3.05, 3.63) is 54.1 Å². The normalized spacial score (nSPS) is 16.7. The molecule has 1 atom stereocenters. The van der Waals surface area contributed by atoms with E-state index in [4.69, 9.17) is 15.3 Å². The molecule has 1 aliphatic rings. The summed E-state index contributed by atoms with van der Waals surface area (Å²) in [4.78, 5) is 12.2. The van der Waals surface area contributed by atoms with Crippen LogP contribution in [0, 0.1) is 0 Å². The maximum Gasteiger partial charge on any atom is 0.271 e. The summed E-state index contributed by atoms with van der Waals surface area (Å²) in [6, 6.07) is 14.5. The van der Waals surface area contributed by atoms with Crippen LogP contribution in [0.2, 0.25) is 0 Å². The van der Waals surface area contributed by atoms with Crippen molar-refractivity contribution in [3.63, 3.8) is 0 Å². The molecule has 1 amide bonds. The van der Waals surface area contributed by atoms with Crippen molar-refractivity contribution < 1.29 is 14.3 Å². The number of hydrogen-bond acceptors (Lipinski definition) is 5. The van der Waals surface area contributed by atoms with Crippen LogP contribution in [0.4, 0.5) is 5.69 Å². The number of amides is 1. The second kappa shape index (κ2) is 5.95. The first-order valence-electron chi connectivity index (χ1n) is 6.89. The van der Waals surface area contributed by atoms with Crippen molar-refractivity contribution in [2.24, 2.45) is 5.84 Å². The molecule has 0 saturated heterocycles. The number of nitrogens with two attached hydrogens (primary N) is 1. The SMILES string of the molecule is COc1cccc(OCC2Nc3ccccc3C(=O)N2N)c1. The van der Waals surface area contributed by atoms with E-state index in [9.17, 15) is 4.79 Å². The van der Waals surface area contributed by atoms with Crippen molar-refractivity contribution in [1.29, 1.82) is 0 Å². The van der Waals surface area contributed by atoms with Crippen molar-refractivity contribution in [2.75, 3.05) is 19.0 Å². The molecule has 0 radical (unpaired) electrons. The van der Waals surface area contributed by atoms with Gasteiger partial charge < -0.3 is 14.8 Å². The average Bonchev–Trinajstić information content (AvgIpc) is 2.57. The van der Waals surface area contributed by atoms with Crippen molar-refractivity contribution in [1.82, 2.24) is 5.01 Å². The maximum absolute atomic E-state index is 12.2. The van der Waals surface area contributed by atoms with Gasteiger partial charge in [0.05, 0.1) is 12.7 Å². The number of anilines is 1. The quantitative estimate of drug-likeness (QED) is 0.665. The predicted octanol–water partition coefficient (Wildman–Crippen LogP) is 1.84. The van der Waals surface area contributed by atoms with Gasteiger partial charge in [0.1, 0.15) is 18.1 Å². The molecule has 2 aromatic carbocycles. The van der Waals surface area contributed by atoms with Crippen molar-refractivity contribution in [3.8, 4) is 11.5 Å². The number of para-hydroxylation sites is 1. The van der Waals surface area contributed by atoms with Gasteiger partial charge in [0.2, 0.25) is 0 Å². The zero-order valence-corrected chi connectivity index (χ0v) is 12.2. The van der Waals surface area contributed by atoms with Gasteiger partial charge in [-0.3, -0.25) is 9.80 Å². The van der Waals surface area contributed by atoms with E-state index in [-0.39, 0.29) is 12.5 Å². The topological polar surface area (TPSA) is 76.8 Å². The maximum atomic E-state index is 12.2. The summed E-state index contributed by atoms with van der Waals surface area (Å²) in [6.07, 6.45) is -0.436. The molecular formula is C16H17N3O3. The largest absolute Gasteiger partial charge is 0.497 e. The number of rotatable bonds is 4. The van der Waals surface area contributed by atoms with Crippen molar-refractivity contribution >= 4 is 11.6 Å². The number of nitrogens with one attached hydrogen (secondary N) is 1. The average molecular weight is 299 g/mol. The first kappa shape index (κ1) is 14.2. The zero-order chi connectivity index (χ0) is 15.5. The molecule has 1 unspecified atom stereocenters. The molecule has 1 heterocycles. The molecule has 0 aromatic heterocycles. The fraction of sp³-hybridized carbons (Fsp3) is 0.188. The van der Waals surface area contributed by atoms with Crippen LogP contribution in [0.25, 0.3) is 0 Å². The number of methoxy groups -OCH3 is 1. The number of nitrogens with zero attached hydrogens (tertiary/aromatic N) is 1. The Morgan fingerprint density at radius 1 is 1.18 bits per heavy atom. The molecule has 0 saturated carbocycles. The van der Waals surface area contributed by atoms with E-state index in [0.717, 1.165) is 10.7 Å². The van der Waals surface area contributed by atoms with Gasteiger partial charge in [0.15, 0.2) is 6.17 Å². The fourth-order valence-electron chi connectivity index (χ4n) is 2.31. The summed E-state index contributed by atoms with van der Waals surface area (Å²) in [5, 5.41) is 4.36. The first-order valence-corrected chi connectivity index (χ1v) is 6.89. The Kier molecular flexibility index (Phi) is 3.84. The summed E-state index contributed by atoms with van der Waals surface area (Å²) in [7, 11) is 1.60. The van der Waals surface area contributed by atoms with Crippen LogP contribution in [0.3, 0.4) is 0 Å². The summed E-state index contributed by atoms with van der Waals surface area (Å²) in [5.74, 6) is 7.01. The minimum atomic E-state index is -0.436. The third-order valence-electron chi connectivity index (χ3n) is 3.50. The van der Waals surface area contributed by atoms with Gasteiger partial charge >= 0.3 is 0 Å². The van der Waals surface area contributed by atoms with E-state index in [0.29, 0.717) is 17.1 Å². The Bertz CT molecular complexity index is 690. The van der Waals surface area contributed by atoms with Gasteiger partial charge in [-0.2, -0.15) is 0 Å². The summed E-state index contributed by atoms with van der Waals surface area (Å²) < 4.78 is 10.9.